The van der Waals surface area contributed by atoms with Crippen LogP contribution in [0.2, 0.25) is 0 Å². The maximum Gasteiger partial charge on any atom is 0.446 e. The van der Waals surface area contributed by atoms with Crippen molar-refractivity contribution >= 4 is 17.7 Å². The smallest absolute Gasteiger partial charge is 0.446 e. The number of rotatable bonds is 4. The second kappa shape index (κ2) is 6.67. The molecule has 1 atom stereocenters. The van der Waals surface area contributed by atoms with Crippen molar-refractivity contribution in [3.05, 3.63) is 29.8 Å². The number of halogens is 3. The Labute approximate surface area is 124 Å². The summed E-state index contributed by atoms with van der Waals surface area (Å²) in [5, 5.41) is 12.5. The van der Waals surface area contributed by atoms with Gasteiger partial charge in [0.2, 0.25) is 0 Å². The van der Waals surface area contributed by atoms with Gasteiger partial charge in [-0.05, 0) is 29.5 Å². The molecule has 21 heavy (non-hydrogen) atoms. The number of piperazine rings is 1. The highest BCUT2D eigenvalue weighted by molar-refractivity contribution is 8.00. The normalized spacial score (nSPS) is 18.4. The fourth-order valence-corrected chi connectivity index (χ4v) is 2.84. The zero-order chi connectivity index (χ0) is 15.5. The lowest BCUT2D eigenvalue weighted by Gasteiger charge is -2.32. The molecule has 0 bridgehead atoms. The van der Waals surface area contributed by atoms with Crippen LogP contribution in [0.15, 0.2) is 29.2 Å². The summed E-state index contributed by atoms with van der Waals surface area (Å²) in [5.41, 5.74) is -3.84. The predicted molar refractivity (Wildman–Crippen MR) is 73.2 cm³/mol. The number of carboxylic acid groups (broad SMARTS) is 1. The molecule has 1 aromatic rings. The van der Waals surface area contributed by atoms with Crippen molar-refractivity contribution in [3.63, 3.8) is 0 Å². The molecule has 1 saturated heterocycles. The van der Waals surface area contributed by atoms with E-state index < -0.39 is 17.5 Å². The number of thioether (sulfide) groups is 1. The number of hydrogen-bond acceptors (Lipinski definition) is 4. The van der Waals surface area contributed by atoms with E-state index >= 15 is 0 Å². The van der Waals surface area contributed by atoms with E-state index in [-0.39, 0.29) is 16.7 Å². The molecule has 1 heterocycles. The van der Waals surface area contributed by atoms with E-state index in [0.717, 1.165) is 0 Å². The van der Waals surface area contributed by atoms with Crippen LogP contribution in [0, 0.1) is 0 Å². The fourth-order valence-electron chi connectivity index (χ4n) is 2.30. The Balaban J connectivity index is 2.15. The highest BCUT2D eigenvalue weighted by Crippen LogP contribution is 2.37. The minimum atomic E-state index is -4.34. The number of benzene rings is 1. The third-order valence-electron chi connectivity index (χ3n) is 3.18. The van der Waals surface area contributed by atoms with Crippen LogP contribution in [-0.2, 0) is 4.79 Å². The Hall–Kier alpha value is -1.25. The largest absolute Gasteiger partial charge is 0.480 e. The quantitative estimate of drug-likeness (QED) is 0.834. The second-order valence-electron chi connectivity index (χ2n) is 4.64. The van der Waals surface area contributed by atoms with Crippen LogP contribution in [0.4, 0.5) is 13.2 Å². The van der Waals surface area contributed by atoms with Gasteiger partial charge in [-0.1, -0.05) is 12.1 Å². The zero-order valence-electron chi connectivity index (χ0n) is 11.1. The van der Waals surface area contributed by atoms with Gasteiger partial charge in [-0.3, -0.25) is 9.69 Å². The van der Waals surface area contributed by atoms with Gasteiger partial charge in [-0.15, -0.1) is 0 Å². The first-order valence-electron chi connectivity index (χ1n) is 6.40. The van der Waals surface area contributed by atoms with Crippen LogP contribution in [0.25, 0.3) is 0 Å². The molecular formula is C13H15F3N2O2S. The number of hydrogen-bond donors (Lipinski definition) is 2. The van der Waals surface area contributed by atoms with Crippen molar-refractivity contribution in [2.75, 3.05) is 26.2 Å². The van der Waals surface area contributed by atoms with Gasteiger partial charge < -0.3 is 10.4 Å². The summed E-state index contributed by atoms with van der Waals surface area (Å²) in [6, 6.07) is 4.71. The molecule has 1 unspecified atom stereocenters. The molecule has 0 aliphatic carbocycles. The van der Waals surface area contributed by atoms with Crippen molar-refractivity contribution in [3.8, 4) is 0 Å². The molecule has 1 aliphatic heterocycles. The Morgan fingerprint density at radius 1 is 1.24 bits per heavy atom. The molecular weight excluding hydrogens is 305 g/mol. The van der Waals surface area contributed by atoms with Crippen molar-refractivity contribution in [2.45, 2.75) is 16.4 Å². The van der Waals surface area contributed by atoms with E-state index in [1.165, 1.54) is 24.3 Å². The van der Waals surface area contributed by atoms with Crippen LogP contribution in [0.5, 0.6) is 0 Å². The number of alkyl halides is 3. The van der Waals surface area contributed by atoms with Crippen molar-refractivity contribution in [2.24, 2.45) is 0 Å². The Bertz CT molecular complexity index is 487. The molecule has 1 aliphatic rings. The summed E-state index contributed by atoms with van der Waals surface area (Å²) < 4.78 is 36.8. The molecule has 0 spiro atoms. The van der Waals surface area contributed by atoms with Crippen LogP contribution in [0.1, 0.15) is 11.6 Å². The number of carbonyl (C=O) groups is 1. The van der Waals surface area contributed by atoms with E-state index in [2.05, 4.69) is 5.32 Å². The summed E-state index contributed by atoms with van der Waals surface area (Å²) in [6.45, 7) is 2.59. The van der Waals surface area contributed by atoms with Crippen molar-refractivity contribution in [1.82, 2.24) is 10.2 Å². The molecule has 2 N–H and O–H groups in total. The Morgan fingerprint density at radius 2 is 1.81 bits per heavy atom. The first-order valence-corrected chi connectivity index (χ1v) is 7.22. The number of nitrogens with zero attached hydrogens (tertiary/aromatic N) is 1. The lowest BCUT2D eigenvalue weighted by Crippen LogP contribution is -2.47. The minimum absolute atomic E-state index is 0.0516. The molecule has 1 fully saturated rings. The van der Waals surface area contributed by atoms with Gasteiger partial charge in [0.25, 0.3) is 0 Å². The van der Waals surface area contributed by atoms with E-state index in [4.69, 9.17) is 0 Å². The summed E-state index contributed by atoms with van der Waals surface area (Å²) in [6.07, 6.45) is 0. The SMILES string of the molecule is O=C(O)C(c1ccc(SC(F)(F)F)cc1)N1CCNCC1. The third-order valence-corrected chi connectivity index (χ3v) is 3.92. The first kappa shape index (κ1) is 16.1. The average molecular weight is 320 g/mol. The lowest BCUT2D eigenvalue weighted by molar-refractivity contribution is -0.143. The lowest BCUT2D eigenvalue weighted by atomic mass is 10.0. The molecule has 1 aromatic carbocycles. The van der Waals surface area contributed by atoms with Gasteiger partial charge in [0.05, 0.1) is 0 Å². The molecule has 116 valence electrons. The molecule has 8 heteroatoms. The zero-order valence-corrected chi connectivity index (χ0v) is 11.9. The predicted octanol–water partition coefficient (Wildman–Crippen LogP) is 2.33. The minimum Gasteiger partial charge on any atom is -0.480 e. The second-order valence-corrected chi connectivity index (χ2v) is 5.78. The van der Waals surface area contributed by atoms with Gasteiger partial charge in [-0.25, -0.2) is 0 Å². The molecule has 0 saturated carbocycles. The Kier molecular flexibility index (Phi) is 5.13. The molecule has 0 aromatic heterocycles. The fraction of sp³-hybridized carbons (Fsp3) is 0.462. The van der Waals surface area contributed by atoms with Crippen LogP contribution >= 0.6 is 11.8 Å². The molecule has 2 rings (SSSR count). The highest BCUT2D eigenvalue weighted by Gasteiger charge is 2.31. The van der Waals surface area contributed by atoms with Gasteiger partial charge in [0.15, 0.2) is 0 Å². The van der Waals surface area contributed by atoms with E-state index in [1.54, 1.807) is 0 Å². The first-order chi connectivity index (χ1) is 9.87. The summed E-state index contributed by atoms with van der Waals surface area (Å²) in [4.78, 5) is 13.3. The number of nitrogens with one attached hydrogen (secondary N) is 1. The number of aliphatic carboxylic acids is 1. The molecule has 0 radical (unpaired) electrons. The average Bonchev–Trinajstić information content (AvgIpc) is 2.40. The van der Waals surface area contributed by atoms with Crippen LogP contribution < -0.4 is 5.32 Å². The van der Waals surface area contributed by atoms with E-state index in [1.807, 2.05) is 4.90 Å². The van der Waals surface area contributed by atoms with Gasteiger partial charge in [0.1, 0.15) is 6.04 Å². The standard InChI is InChI=1S/C13H15F3N2O2S/c14-13(15,16)21-10-3-1-9(2-4-10)11(12(19)20)18-7-5-17-6-8-18/h1-4,11,17H,5-8H2,(H,19,20). The Morgan fingerprint density at radius 3 is 2.29 bits per heavy atom. The molecule has 0 amide bonds. The number of carboxylic acids is 1. The van der Waals surface area contributed by atoms with Crippen LogP contribution in [-0.4, -0.2) is 47.7 Å². The van der Waals surface area contributed by atoms with E-state index in [9.17, 15) is 23.1 Å². The van der Waals surface area contributed by atoms with E-state index in [0.29, 0.717) is 31.7 Å². The summed E-state index contributed by atoms with van der Waals surface area (Å²) in [7, 11) is 0. The topological polar surface area (TPSA) is 52.6 Å². The van der Waals surface area contributed by atoms with Gasteiger partial charge in [0, 0.05) is 31.1 Å². The summed E-state index contributed by atoms with van der Waals surface area (Å²) >= 11 is -0.206. The maximum absolute atomic E-state index is 12.3. The van der Waals surface area contributed by atoms with Crippen molar-refractivity contribution < 1.29 is 23.1 Å². The van der Waals surface area contributed by atoms with Crippen molar-refractivity contribution in [1.29, 1.82) is 0 Å². The molecule has 4 nitrogen and oxygen atoms in total. The monoisotopic (exact) mass is 320 g/mol. The maximum atomic E-state index is 12.3. The summed E-state index contributed by atoms with van der Waals surface area (Å²) in [5.74, 6) is -0.992. The highest BCUT2D eigenvalue weighted by atomic mass is 32.2. The van der Waals surface area contributed by atoms with Gasteiger partial charge in [-0.2, -0.15) is 13.2 Å². The van der Waals surface area contributed by atoms with Gasteiger partial charge >= 0.3 is 11.5 Å². The van der Waals surface area contributed by atoms with Crippen LogP contribution in [0.3, 0.4) is 0 Å². The third kappa shape index (κ3) is 4.62.